The maximum atomic E-state index is 12.9. The first-order chi connectivity index (χ1) is 25.9. The third-order valence-electron chi connectivity index (χ3n) is 9.03. The van der Waals surface area contributed by atoms with E-state index in [1.165, 1.54) is 6.08 Å². The lowest BCUT2D eigenvalue weighted by molar-refractivity contribution is -0.132. The van der Waals surface area contributed by atoms with Gasteiger partial charge in [-0.25, -0.2) is 0 Å². The molecule has 2 aliphatic rings. The second kappa shape index (κ2) is 26.5. The Labute approximate surface area is 318 Å². The van der Waals surface area contributed by atoms with Crippen molar-refractivity contribution in [3.05, 3.63) is 121 Å². The number of carbonyl (C=O) groups is 3. The Balaban J connectivity index is 1.29. The van der Waals surface area contributed by atoms with Crippen molar-refractivity contribution in [3.8, 4) is 0 Å². The number of hydrogen-bond donors (Lipinski definition) is 2. The van der Waals surface area contributed by atoms with Crippen LogP contribution in [-0.4, -0.2) is 93.0 Å². The number of hydrogen-bond acceptors (Lipinski definition) is 7. The molecular formula is C44H62N4O5. The van der Waals surface area contributed by atoms with Crippen LogP contribution in [0.3, 0.4) is 0 Å². The SMILES string of the molecule is CC/C=C\C/C=C\C/C=C\C/C=C\C/C=C\C/C=C\CCC(=O)NCCN(CCNC(=O)C1=CC(=O)C(C)(c2ccccc2)O1)CCN1CCOCC1. The highest BCUT2D eigenvalue weighted by molar-refractivity contribution is 6.07. The molecule has 0 saturated carbocycles. The van der Waals surface area contributed by atoms with Crippen molar-refractivity contribution in [1.29, 1.82) is 0 Å². The van der Waals surface area contributed by atoms with Crippen molar-refractivity contribution < 1.29 is 23.9 Å². The molecular weight excluding hydrogens is 665 g/mol. The highest BCUT2D eigenvalue weighted by atomic mass is 16.5. The normalized spacial score (nSPS) is 18.5. The number of carbonyl (C=O) groups excluding carboxylic acids is 3. The summed E-state index contributed by atoms with van der Waals surface area (Å²) in [7, 11) is 0. The summed E-state index contributed by atoms with van der Waals surface area (Å²) in [6.45, 7) is 11.0. The summed E-state index contributed by atoms with van der Waals surface area (Å²) in [5.74, 6) is -0.603. The van der Waals surface area contributed by atoms with Crippen LogP contribution in [0.15, 0.2) is 115 Å². The third kappa shape index (κ3) is 17.8. The molecule has 53 heavy (non-hydrogen) atoms. The van der Waals surface area contributed by atoms with Crippen molar-refractivity contribution in [2.75, 3.05) is 65.6 Å². The van der Waals surface area contributed by atoms with Crippen LogP contribution >= 0.6 is 0 Å². The van der Waals surface area contributed by atoms with E-state index in [9.17, 15) is 14.4 Å². The van der Waals surface area contributed by atoms with Gasteiger partial charge in [0.05, 0.1) is 13.2 Å². The first-order valence-corrected chi connectivity index (χ1v) is 19.4. The third-order valence-corrected chi connectivity index (χ3v) is 9.03. The van der Waals surface area contributed by atoms with E-state index in [-0.39, 0.29) is 17.4 Å². The van der Waals surface area contributed by atoms with E-state index >= 15 is 0 Å². The molecule has 9 heteroatoms. The maximum absolute atomic E-state index is 12.9. The molecule has 288 valence electrons. The van der Waals surface area contributed by atoms with Gasteiger partial charge in [-0.1, -0.05) is 110 Å². The Kier molecular flexibility index (Phi) is 21.5. The molecule has 0 bridgehead atoms. The smallest absolute Gasteiger partial charge is 0.286 e. The van der Waals surface area contributed by atoms with E-state index in [0.29, 0.717) is 44.6 Å². The minimum atomic E-state index is -1.21. The quantitative estimate of drug-likeness (QED) is 0.108. The molecule has 1 saturated heterocycles. The highest BCUT2D eigenvalue weighted by Gasteiger charge is 2.43. The molecule has 1 aromatic rings. The number of ether oxygens (including phenoxy) is 2. The topological polar surface area (TPSA) is 100 Å². The predicted molar refractivity (Wildman–Crippen MR) is 215 cm³/mol. The number of allylic oxidation sites excluding steroid dienone is 12. The van der Waals surface area contributed by atoms with Gasteiger partial charge in [-0.3, -0.25) is 24.2 Å². The van der Waals surface area contributed by atoms with Gasteiger partial charge in [0.25, 0.3) is 5.91 Å². The van der Waals surface area contributed by atoms with Crippen LogP contribution in [0.5, 0.6) is 0 Å². The van der Waals surface area contributed by atoms with Gasteiger partial charge in [-0.05, 0) is 51.9 Å². The van der Waals surface area contributed by atoms with Crippen molar-refractivity contribution in [2.45, 2.75) is 70.8 Å². The van der Waals surface area contributed by atoms with Crippen molar-refractivity contribution in [2.24, 2.45) is 0 Å². The standard InChI is InChI=1S/C44H62N4O5/c1-3-4-5-6-7-8-9-10-11-12-13-14-15-16-17-18-19-20-24-27-42(50)45-28-30-47(32-33-48-34-36-52-37-35-48)31-29-46-43(51)40-38-41(49)44(2,53-40)39-25-22-21-23-26-39/h4-5,7-8,10-11,13-14,16-17,19-23,25-26,38H,3,6,9,12,15,18,24,27-37H2,1-2H3,(H,45,50)(H,46,51)/b5-4-,8-7-,11-10-,14-13-,17-16-,20-19-. The Morgan fingerprint density at radius 1 is 0.774 bits per heavy atom. The molecule has 1 aromatic carbocycles. The Morgan fingerprint density at radius 3 is 1.91 bits per heavy atom. The largest absolute Gasteiger partial charge is 0.469 e. The Morgan fingerprint density at radius 2 is 1.32 bits per heavy atom. The van der Waals surface area contributed by atoms with Crippen LogP contribution in [0.2, 0.25) is 0 Å². The minimum Gasteiger partial charge on any atom is -0.469 e. The molecule has 0 spiro atoms. The van der Waals surface area contributed by atoms with Gasteiger partial charge in [-0.2, -0.15) is 0 Å². The number of ketones is 1. The van der Waals surface area contributed by atoms with Gasteiger partial charge in [-0.15, -0.1) is 0 Å². The summed E-state index contributed by atoms with van der Waals surface area (Å²) in [6, 6.07) is 9.20. The van der Waals surface area contributed by atoms with Crippen LogP contribution in [-0.2, 0) is 29.5 Å². The molecule has 2 heterocycles. The van der Waals surface area contributed by atoms with E-state index in [1.807, 2.05) is 30.3 Å². The number of rotatable bonds is 25. The van der Waals surface area contributed by atoms with E-state index in [4.69, 9.17) is 9.47 Å². The zero-order valence-corrected chi connectivity index (χ0v) is 32.1. The maximum Gasteiger partial charge on any atom is 0.286 e. The van der Waals surface area contributed by atoms with Gasteiger partial charge >= 0.3 is 0 Å². The number of nitrogens with zero attached hydrogens (tertiary/aromatic N) is 2. The average molecular weight is 727 g/mol. The molecule has 2 amide bonds. The van der Waals surface area contributed by atoms with Gasteiger partial charge in [0.2, 0.25) is 11.7 Å². The fourth-order valence-corrected chi connectivity index (χ4v) is 5.78. The summed E-state index contributed by atoms with van der Waals surface area (Å²) < 4.78 is 11.4. The highest BCUT2D eigenvalue weighted by Crippen LogP contribution is 2.34. The van der Waals surface area contributed by atoms with E-state index < -0.39 is 11.5 Å². The first kappa shape index (κ1) is 43.1. The molecule has 1 unspecified atom stereocenters. The Hall–Kier alpha value is -4.31. The van der Waals surface area contributed by atoms with Crippen molar-refractivity contribution >= 4 is 17.6 Å². The summed E-state index contributed by atoms with van der Waals surface area (Å²) >= 11 is 0. The molecule has 0 radical (unpaired) electrons. The molecule has 1 atom stereocenters. The van der Waals surface area contributed by atoms with Gasteiger partial charge in [0, 0.05) is 70.4 Å². The molecule has 0 aliphatic carbocycles. The van der Waals surface area contributed by atoms with Crippen LogP contribution in [0.4, 0.5) is 0 Å². The summed E-state index contributed by atoms with van der Waals surface area (Å²) in [4.78, 5) is 42.8. The number of amides is 2. The second-order valence-corrected chi connectivity index (χ2v) is 13.2. The number of morpholine rings is 1. The summed E-state index contributed by atoms with van der Waals surface area (Å²) in [5.41, 5.74) is -0.500. The van der Waals surface area contributed by atoms with Crippen molar-refractivity contribution in [3.63, 3.8) is 0 Å². The number of benzene rings is 1. The molecule has 9 nitrogen and oxygen atoms in total. The molecule has 3 rings (SSSR count). The van der Waals surface area contributed by atoms with Crippen molar-refractivity contribution in [1.82, 2.24) is 20.4 Å². The monoisotopic (exact) mass is 726 g/mol. The van der Waals surface area contributed by atoms with Crippen LogP contribution in [0, 0.1) is 0 Å². The van der Waals surface area contributed by atoms with Crippen LogP contribution in [0.25, 0.3) is 0 Å². The second-order valence-electron chi connectivity index (χ2n) is 13.2. The van der Waals surface area contributed by atoms with Gasteiger partial charge in [0.1, 0.15) is 0 Å². The minimum absolute atomic E-state index is 0.0281. The predicted octanol–water partition coefficient (Wildman–Crippen LogP) is 6.73. The zero-order chi connectivity index (χ0) is 37.8. The number of nitrogens with one attached hydrogen (secondary N) is 2. The lowest BCUT2D eigenvalue weighted by Crippen LogP contribution is -2.45. The van der Waals surface area contributed by atoms with E-state index in [0.717, 1.165) is 77.9 Å². The molecule has 2 aliphatic heterocycles. The lowest BCUT2D eigenvalue weighted by atomic mass is 9.92. The summed E-state index contributed by atoms with van der Waals surface area (Å²) in [5, 5.41) is 5.96. The fourth-order valence-electron chi connectivity index (χ4n) is 5.78. The summed E-state index contributed by atoms with van der Waals surface area (Å²) in [6.07, 6.45) is 34.4. The van der Waals surface area contributed by atoms with E-state index in [1.54, 1.807) is 6.92 Å². The molecule has 2 N–H and O–H groups in total. The zero-order valence-electron chi connectivity index (χ0n) is 32.1. The van der Waals surface area contributed by atoms with Gasteiger partial charge in [0.15, 0.2) is 11.4 Å². The molecule has 0 aromatic heterocycles. The average Bonchev–Trinajstić information content (AvgIpc) is 3.49. The Bertz CT molecular complexity index is 1440. The van der Waals surface area contributed by atoms with Crippen LogP contribution < -0.4 is 10.6 Å². The van der Waals surface area contributed by atoms with Crippen LogP contribution in [0.1, 0.15) is 70.8 Å². The first-order valence-electron chi connectivity index (χ1n) is 19.4. The fraction of sp³-hybridized carbons (Fsp3) is 0.477. The lowest BCUT2D eigenvalue weighted by Gasteiger charge is -2.30. The van der Waals surface area contributed by atoms with Gasteiger partial charge < -0.3 is 20.1 Å². The molecule has 1 fully saturated rings. The van der Waals surface area contributed by atoms with E-state index in [2.05, 4.69) is 100 Å².